The lowest BCUT2D eigenvalue weighted by atomic mass is 9.80. The van der Waals surface area contributed by atoms with Crippen LogP contribution in [0.1, 0.15) is 19.3 Å². The van der Waals surface area contributed by atoms with E-state index in [0.29, 0.717) is 5.41 Å². The van der Waals surface area contributed by atoms with Gasteiger partial charge in [-0.2, -0.15) is 0 Å². The van der Waals surface area contributed by atoms with Crippen LogP contribution in [0.15, 0.2) is 0 Å². The van der Waals surface area contributed by atoms with Crippen LogP contribution in [0.4, 0.5) is 0 Å². The summed E-state index contributed by atoms with van der Waals surface area (Å²) in [5.74, 6) is 0. The Balaban J connectivity index is 1.98. The fourth-order valence-corrected chi connectivity index (χ4v) is 2.19. The average molecular weight is 140 g/mol. The molecule has 0 unspecified atom stereocenters. The Hall–Kier alpha value is -0.0800. The maximum atomic E-state index is 3.48. The molecular weight excluding hydrogens is 124 g/mol. The molecule has 2 saturated heterocycles. The molecule has 0 aromatic carbocycles. The van der Waals surface area contributed by atoms with Crippen LogP contribution in [0.5, 0.6) is 0 Å². The molecule has 2 aliphatic rings. The van der Waals surface area contributed by atoms with Gasteiger partial charge in [0.2, 0.25) is 0 Å². The van der Waals surface area contributed by atoms with Gasteiger partial charge in [-0.1, -0.05) is 0 Å². The second-order valence-electron chi connectivity index (χ2n) is 3.71. The van der Waals surface area contributed by atoms with Crippen LogP contribution in [-0.4, -0.2) is 26.2 Å². The van der Waals surface area contributed by atoms with Crippen molar-refractivity contribution in [3.8, 4) is 0 Å². The molecule has 0 aromatic heterocycles. The van der Waals surface area contributed by atoms with Gasteiger partial charge in [-0.3, -0.25) is 0 Å². The minimum atomic E-state index is 0.651. The Morgan fingerprint density at radius 2 is 1.70 bits per heavy atom. The smallest absolute Gasteiger partial charge is 0.00205 e. The van der Waals surface area contributed by atoms with Gasteiger partial charge in [0, 0.05) is 13.1 Å². The molecule has 0 radical (unpaired) electrons. The van der Waals surface area contributed by atoms with E-state index in [1.54, 1.807) is 0 Å². The van der Waals surface area contributed by atoms with Crippen molar-refractivity contribution in [1.82, 2.24) is 10.6 Å². The maximum absolute atomic E-state index is 3.48. The number of hydrogen-bond donors (Lipinski definition) is 2. The average Bonchev–Trinajstić information content (AvgIpc) is 2.39. The summed E-state index contributed by atoms with van der Waals surface area (Å²) in [6.45, 7) is 4.98. The predicted octanol–water partition coefficient (Wildman–Crippen LogP) is 0.349. The zero-order chi connectivity index (χ0) is 6.86. The fraction of sp³-hybridized carbons (Fsp3) is 1.00. The lowest BCUT2D eigenvalue weighted by Gasteiger charge is -2.32. The molecule has 2 rings (SSSR count). The first-order valence-electron chi connectivity index (χ1n) is 4.33. The van der Waals surface area contributed by atoms with Gasteiger partial charge in [0.05, 0.1) is 0 Å². The molecule has 10 heavy (non-hydrogen) atoms. The van der Waals surface area contributed by atoms with Crippen molar-refractivity contribution in [2.24, 2.45) is 5.41 Å². The van der Waals surface area contributed by atoms with E-state index in [9.17, 15) is 0 Å². The molecule has 58 valence electrons. The standard InChI is InChI=1S/C8H16N2/c1-2-8(6-9-4-1)3-5-10-7-8/h9-10H,1-7H2/t8-/m0/s1. The molecule has 0 saturated carbocycles. The SMILES string of the molecule is C1CNC[C@]2(C1)CCNC2. The van der Waals surface area contributed by atoms with Crippen molar-refractivity contribution < 1.29 is 0 Å². The van der Waals surface area contributed by atoms with Crippen LogP contribution >= 0.6 is 0 Å². The first-order chi connectivity index (χ1) is 4.91. The molecule has 1 atom stereocenters. The van der Waals surface area contributed by atoms with Gasteiger partial charge < -0.3 is 10.6 Å². The molecule has 0 amide bonds. The van der Waals surface area contributed by atoms with Gasteiger partial charge >= 0.3 is 0 Å². The third kappa shape index (κ3) is 1.06. The van der Waals surface area contributed by atoms with Crippen molar-refractivity contribution in [2.75, 3.05) is 26.2 Å². The summed E-state index contributed by atoms with van der Waals surface area (Å²) in [7, 11) is 0. The summed E-state index contributed by atoms with van der Waals surface area (Å²) in [5.41, 5.74) is 0.651. The van der Waals surface area contributed by atoms with Gasteiger partial charge in [-0.15, -0.1) is 0 Å². The third-order valence-electron chi connectivity index (χ3n) is 2.89. The molecule has 2 aliphatic heterocycles. The first kappa shape index (κ1) is 6.62. The Bertz CT molecular complexity index is 108. The largest absolute Gasteiger partial charge is 0.316 e. The quantitative estimate of drug-likeness (QED) is 0.507. The van der Waals surface area contributed by atoms with Crippen LogP contribution in [0.25, 0.3) is 0 Å². The molecule has 2 heterocycles. The summed E-state index contributed by atoms with van der Waals surface area (Å²) in [4.78, 5) is 0. The lowest BCUT2D eigenvalue weighted by molar-refractivity contribution is 0.236. The zero-order valence-corrected chi connectivity index (χ0v) is 6.45. The van der Waals surface area contributed by atoms with Crippen molar-refractivity contribution in [3.05, 3.63) is 0 Å². The van der Waals surface area contributed by atoms with Gasteiger partial charge in [0.25, 0.3) is 0 Å². The van der Waals surface area contributed by atoms with Crippen molar-refractivity contribution >= 4 is 0 Å². The topological polar surface area (TPSA) is 24.1 Å². The van der Waals surface area contributed by atoms with Crippen molar-refractivity contribution in [3.63, 3.8) is 0 Å². The van der Waals surface area contributed by atoms with Crippen molar-refractivity contribution in [2.45, 2.75) is 19.3 Å². The first-order valence-corrected chi connectivity index (χ1v) is 4.33. The Morgan fingerprint density at radius 1 is 0.900 bits per heavy atom. The summed E-state index contributed by atoms with van der Waals surface area (Å²) < 4.78 is 0. The molecule has 1 spiro atoms. The summed E-state index contributed by atoms with van der Waals surface area (Å²) >= 11 is 0. The highest BCUT2D eigenvalue weighted by atomic mass is 15.0. The van der Waals surface area contributed by atoms with Gasteiger partial charge in [-0.25, -0.2) is 0 Å². The maximum Gasteiger partial charge on any atom is 0.00205 e. The molecule has 2 fully saturated rings. The Labute approximate surface area is 62.4 Å². The van der Waals surface area contributed by atoms with E-state index in [1.807, 2.05) is 0 Å². The number of rotatable bonds is 0. The van der Waals surface area contributed by atoms with E-state index < -0.39 is 0 Å². The molecule has 2 heteroatoms. The van der Waals surface area contributed by atoms with Crippen LogP contribution < -0.4 is 10.6 Å². The third-order valence-corrected chi connectivity index (χ3v) is 2.89. The monoisotopic (exact) mass is 140 g/mol. The summed E-state index contributed by atoms with van der Waals surface area (Å²) in [5, 5.41) is 6.92. The second-order valence-corrected chi connectivity index (χ2v) is 3.71. The van der Waals surface area contributed by atoms with E-state index in [1.165, 1.54) is 45.4 Å². The minimum absolute atomic E-state index is 0.651. The molecular formula is C8H16N2. The zero-order valence-electron chi connectivity index (χ0n) is 6.45. The highest BCUT2D eigenvalue weighted by molar-refractivity contribution is 4.91. The normalized spacial score (nSPS) is 40.8. The predicted molar refractivity (Wildman–Crippen MR) is 42.0 cm³/mol. The van der Waals surface area contributed by atoms with E-state index in [-0.39, 0.29) is 0 Å². The highest BCUT2D eigenvalue weighted by Gasteiger charge is 2.34. The van der Waals surface area contributed by atoms with Crippen molar-refractivity contribution in [1.29, 1.82) is 0 Å². The van der Waals surface area contributed by atoms with Crippen LogP contribution in [0.3, 0.4) is 0 Å². The number of nitrogens with one attached hydrogen (secondary N) is 2. The Kier molecular flexibility index (Phi) is 1.66. The van der Waals surface area contributed by atoms with E-state index in [4.69, 9.17) is 0 Å². The lowest BCUT2D eigenvalue weighted by Crippen LogP contribution is -2.41. The summed E-state index contributed by atoms with van der Waals surface area (Å²) in [6.07, 6.45) is 4.20. The van der Waals surface area contributed by atoms with Crippen LogP contribution in [-0.2, 0) is 0 Å². The molecule has 2 N–H and O–H groups in total. The van der Waals surface area contributed by atoms with Crippen LogP contribution in [0.2, 0.25) is 0 Å². The molecule has 0 bridgehead atoms. The molecule has 0 aliphatic carbocycles. The van der Waals surface area contributed by atoms with E-state index >= 15 is 0 Å². The van der Waals surface area contributed by atoms with E-state index in [0.717, 1.165) is 0 Å². The van der Waals surface area contributed by atoms with Gasteiger partial charge in [0.1, 0.15) is 0 Å². The van der Waals surface area contributed by atoms with Gasteiger partial charge in [-0.05, 0) is 37.8 Å². The highest BCUT2D eigenvalue weighted by Crippen LogP contribution is 2.31. The second kappa shape index (κ2) is 2.51. The Morgan fingerprint density at radius 3 is 2.20 bits per heavy atom. The molecule has 2 nitrogen and oxygen atoms in total. The number of hydrogen-bond acceptors (Lipinski definition) is 2. The summed E-state index contributed by atoms with van der Waals surface area (Å²) in [6, 6.07) is 0. The van der Waals surface area contributed by atoms with Crippen LogP contribution in [0, 0.1) is 5.41 Å². The fourth-order valence-electron chi connectivity index (χ4n) is 2.19. The van der Waals surface area contributed by atoms with Gasteiger partial charge in [0.15, 0.2) is 0 Å². The number of piperidine rings is 1. The minimum Gasteiger partial charge on any atom is -0.316 e. The molecule has 0 aromatic rings. The van der Waals surface area contributed by atoms with E-state index in [2.05, 4.69) is 10.6 Å².